The molecule has 0 amide bonds. The van der Waals surface area contributed by atoms with Crippen LogP contribution in [0.15, 0.2) is 60.8 Å². The van der Waals surface area contributed by atoms with Crippen molar-refractivity contribution in [1.82, 2.24) is 9.78 Å². The highest BCUT2D eigenvalue weighted by Gasteiger charge is 2.20. The zero-order valence-corrected chi connectivity index (χ0v) is 13.0. The minimum absolute atomic E-state index is 0.0525. The summed E-state index contributed by atoms with van der Waals surface area (Å²) in [5.74, 6) is 0. The average molecular weight is 333 g/mol. The maximum absolute atomic E-state index is 13.5. The van der Waals surface area contributed by atoms with Gasteiger partial charge in [0.15, 0.2) is 0 Å². The van der Waals surface area contributed by atoms with Gasteiger partial charge in [0.05, 0.1) is 6.20 Å². The summed E-state index contributed by atoms with van der Waals surface area (Å²) < 4.78 is 28.4. The average Bonchev–Trinajstić information content (AvgIpc) is 2.99. The van der Waals surface area contributed by atoms with Crippen molar-refractivity contribution < 1.29 is 8.78 Å². The molecular weight excluding hydrogens is 318 g/mol. The van der Waals surface area contributed by atoms with E-state index in [-0.39, 0.29) is 5.69 Å². The van der Waals surface area contributed by atoms with Crippen LogP contribution in [0.25, 0.3) is 11.1 Å². The fraction of sp³-hybridized carbons (Fsp3) is 0.167. The van der Waals surface area contributed by atoms with Gasteiger partial charge in [-0.05, 0) is 29.7 Å². The lowest BCUT2D eigenvalue weighted by atomic mass is 10.1. The van der Waals surface area contributed by atoms with Gasteiger partial charge in [-0.3, -0.25) is 4.68 Å². The van der Waals surface area contributed by atoms with E-state index in [1.165, 1.54) is 10.9 Å². The van der Waals surface area contributed by atoms with Gasteiger partial charge in [-0.15, -0.1) is 0 Å². The Morgan fingerprint density at radius 3 is 2.35 bits per heavy atom. The molecule has 0 saturated heterocycles. The minimum atomic E-state index is -2.58. The summed E-state index contributed by atoms with van der Waals surface area (Å²) in [6.07, 6.45) is -0.433. The summed E-state index contributed by atoms with van der Waals surface area (Å²) >= 11 is 5.86. The van der Waals surface area contributed by atoms with Crippen LogP contribution in [0.5, 0.6) is 0 Å². The highest BCUT2D eigenvalue weighted by atomic mass is 35.5. The van der Waals surface area contributed by atoms with Crippen LogP contribution in [0.1, 0.15) is 17.7 Å². The number of aryl methyl sites for hydroxylation is 2. The van der Waals surface area contributed by atoms with E-state index in [0.29, 0.717) is 29.1 Å². The Kier molecular flexibility index (Phi) is 4.72. The normalized spacial score (nSPS) is 11.1. The summed E-state index contributed by atoms with van der Waals surface area (Å²) in [4.78, 5) is 0. The van der Waals surface area contributed by atoms with Gasteiger partial charge in [0.1, 0.15) is 5.69 Å². The molecule has 2 nitrogen and oxygen atoms in total. The fourth-order valence-electron chi connectivity index (χ4n) is 2.53. The molecule has 0 atom stereocenters. The second kappa shape index (κ2) is 6.92. The van der Waals surface area contributed by atoms with Crippen LogP contribution < -0.4 is 0 Å². The molecule has 0 radical (unpaired) electrons. The van der Waals surface area contributed by atoms with E-state index in [0.717, 1.165) is 5.56 Å². The number of aromatic nitrogens is 2. The fourth-order valence-corrected chi connectivity index (χ4v) is 2.66. The van der Waals surface area contributed by atoms with Crippen molar-refractivity contribution in [2.75, 3.05) is 0 Å². The number of hydrogen-bond acceptors (Lipinski definition) is 1. The predicted molar refractivity (Wildman–Crippen MR) is 87.8 cm³/mol. The van der Waals surface area contributed by atoms with Crippen LogP contribution in [0.2, 0.25) is 5.02 Å². The zero-order chi connectivity index (χ0) is 16.2. The van der Waals surface area contributed by atoms with Gasteiger partial charge in [0.25, 0.3) is 6.43 Å². The molecule has 0 aliphatic heterocycles. The Hall–Kier alpha value is -2.20. The molecule has 0 aliphatic rings. The van der Waals surface area contributed by atoms with Crippen LogP contribution in [-0.2, 0) is 13.0 Å². The third-order valence-electron chi connectivity index (χ3n) is 3.70. The van der Waals surface area contributed by atoms with E-state index in [4.69, 9.17) is 11.6 Å². The monoisotopic (exact) mass is 332 g/mol. The van der Waals surface area contributed by atoms with E-state index in [2.05, 4.69) is 5.10 Å². The molecule has 23 heavy (non-hydrogen) atoms. The first-order valence-corrected chi connectivity index (χ1v) is 7.66. The van der Waals surface area contributed by atoms with Crippen LogP contribution >= 0.6 is 11.6 Å². The maximum atomic E-state index is 13.5. The van der Waals surface area contributed by atoms with E-state index < -0.39 is 6.43 Å². The standard InChI is InChI=1S/C18H15ClF2N2/c19-15-8-6-14(7-9-15)16-12-22-23(17(16)18(20)21)11-10-13-4-2-1-3-5-13/h1-9,12,18H,10-11H2. The quantitative estimate of drug-likeness (QED) is 0.613. The minimum Gasteiger partial charge on any atom is -0.263 e. The van der Waals surface area contributed by atoms with Crippen molar-refractivity contribution in [3.63, 3.8) is 0 Å². The Morgan fingerprint density at radius 1 is 1.00 bits per heavy atom. The molecule has 1 aromatic heterocycles. The molecule has 0 saturated carbocycles. The van der Waals surface area contributed by atoms with Gasteiger partial charge in [-0.25, -0.2) is 8.78 Å². The first-order chi connectivity index (χ1) is 11.1. The van der Waals surface area contributed by atoms with Crippen molar-refractivity contribution in [1.29, 1.82) is 0 Å². The molecule has 1 heterocycles. The first-order valence-electron chi connectivity index (χ1n) is 7.29. The number of halogens is 3. The zero-order valence-electron chi connectivity index (χ0n) is 12.3. The highest BCUT2D eigenvalue weighted by molar-refractivity contribution is 6.30. The Labute approximate surface area is 138 Å². The van der Waals surface area contributed by atoms with Gasteiger partial charge in [0, 0.05) is 17.1 Å². The Balaban J connectivity index is 1.88. The molecule has 3 aromatic rings. The maximum Gasteiger partial charge on any atom is 0.280 e. The van der Waals surface area contributed by atoms with Gasteiger partial charge in [-0.1, -0.05) is 54.1 Å². The molecule has 118 valence electrons. The van der Waals surface area contributed by atoms with Crippen LogP contribution in [-0.4, -0.2) is 9.78 Å². The van der Waals surface area contributed by atoms with Crippen molar-refractivity contribution in [3.8, 4) is 11.1 Å². The topological polar surface area (TPSA) is 17.8 Å². The molecule has 2 aromatic carbocycles. The molecule has 5 heteroatoms. The molecule has 0 spiro atoms. The lowest BCUT2D eigenvalue weighted by molar-refractivity contribution is 0.139. The second-order valence-corrected chi connectivity index (χ2v) is 5.65. The predicted octanol–water partition coefficient (Wildman–Crippen LogP) is 5.38. The summed E-state index contributed by atoms with van der Waals surface area (Å²) in [6, 6.07) is 16.6. The molecular formula is C18H15ClF2N2. The second-order valence-electron chi connectivity index (χ2n) is 5.21. The molecule has 0 unspecified atom stereocenters. The van der Waals surface area contributed by atoms with Crippen LogP contribution in [0, 0.1) is 0 Å². The number of alkyl halides is 2. The number of rotatable bonds is 5. The SMILES string of the molecule is FC(F)c1c(-c2ccc(Cl)cc2)cnn1CCc1ccccc1. The third-order valence-corrected chi connectivity index (χ3v) is 3.95. The molecule has 3 rings (SSSR count). The van der Waals surface area contributed by atoms with E-state index in [1.807, 2.05) is 30.3 Å². The van der Waals surface area contributed by atoms with Gasteiger partial charge < -0.3 is 0 Å². The van der Waals surface area contributed by atoms with Crippen LogP contribution in [0.3, 0.4) is 0 Å². The third kappa shape index (κ3) is 3.59. The van der Waals surface area contributed by atoms with Gasteiger partial charge in [-0.2, -0.15) is 5.10 Å². The molecule has 0 fully saturated rings. The molecule has 0 aliphatic carbocycles. The van der Waals surface area contributed by atoms with Gasteiger partial charge in [0.2, 0.25) is 0 Å². The Bertz CT molecular complexity index is 767. The number of benzene rings is 2. The van der Waals surface area contributed by atoms with E-state index in [1.54, 1.807) is 24.3 Å². The summed E-state index contributed by atoms with van der Waals surface area (Å²) in [5, 5.41) is 4.73. The summed E-state index contributed by atoms with van der Waals surface area (Å²) in [5.41, 5.74) is 2.18. The molecule has 0 bridgehead atoms. The van der Waals surface area contributed by atoms with Crippen molar-refractivity contribution >= 4 is 11.6 Å². The van der Waals surface area contributed by atoms with Crippen molar-refractivity contribution in [3.05, 3.63) is 77.1 Å². The van der Waals surface area contributed by atoms with Crippen molar-refractivity contribution in [2.24, 2.45) is 0 Å². The first kappa shape index (κ1) is 15.7. The largest absolute Gasteiger partial charge is 0.280 e. The number of nitrogens with zero attached hydrogens (tertiary/aromatic N) is 2. The molecule has 0 N–H and O–H groups in total. The highest BCUT2D eigenvalue weighted by Crippen LogP contribution is 2.31. The summed E-state index contributed by atoms with van der Waals surface area (Å²) in [7, 11) is 0. The van der Waals surface area contributed by atoms with Crippen molar-refractivity contribution in [2.45, 2.75) is 19.4 Å². The van der Waals surface area contributed by atoms with E-state index >= 15 is 0 Å². The Morgan fingerprint density at radius 2 is 1.70 bits per heavy atom. The lowest BCUT2D eigenvalue weighted by Crippen LogP contribution is -2.08. The van der Waals surface area contributed by atoms with Crippen LogP contribution in [0.4, 0.5) is 8.78 Å². The number of hydrogen-bond donors (Lipinski definition) is 0. The smallest absolute Gasteiger partial charge is 0.263 e. The van der Waals surface area contributed by atoms with E-state index in [9.17, 15) is 8.78 Å². The lowest BCUT2D eigenvalue weighted by Gasteiger charge is -2.09. The summed E-state index contributed by atoms with van der Waals surface area (Å²) in [6.45, 7) is 0.414. The van der Waals surface area contributed by atoms with Gasteiger partial charge >= 0.3 is 0 Å².